The minimum atomic E-state index is 0.110. The highest BCUT2D eigenvalue weighted by Gasteiger charge is 2.24. The Hall–Kier alpha value is -1.22. The van der Waals surface area contributed by atoms with Crippen LogP contribution < -0.4 is 10.5 Å². The zero-order valence-electron chi connectivity index (χ0n) is 10.2. The molecule has 0 amide bonds. The summed E-state index contributed by atoms with van der Waals surface area (Å²) in [7, 11) is 0. The first-order valence-corrected chi connectivity index (χ1v) is 5.56. The smallest absolute Gasteiger partial charge is 0.160 e. The maximum absolute atomic E-state index is 9.54. The average molecular weight is 223 g/mol. The monoisotopic (exact) mass is 223 g/mol. The fourth-order valence-corrected chi connectivity index (χ4v) is 1.44. The fourth-order valence-electron chi connectivity index (χ4n) is 1.44. The van der Waals surface area contributed by atoms with Crippen LogP contribution in [-0.4, -0.2) is 18.3 Å². The van der Waals surface area contributed by atoms with Gasteiger partial charge in [-0.2, -0.15) is 0 Å². The van der Waals surface area contributed by atoms with E-state index in [4.69, 9.17) is 10.5 Å². The van der Waals surface area contributed by atoms with Crippen LogP contribution in [0.1, 0.15) is 20.8 Å². The molecule has 90 valence electrons. The van der Waals surface area contributed by atoms with E-state index in [1.807, 2.05) is 6.07 Å². The van der Waals surface area contributed by atoms with E-state index in [0.29, 0.717) is 18.9 Å². The summed E-state index contributed by atoms with van der Waals surface area (Å²) >= 11 is 0. The molecule has 0 saturated carbocycles. The second-order valence-electron chi connectivity index (χ2n) is 5.08. The third-order valence-electron chi connectivity index (χ3n) is 2.81. The van der Waals surface area contributed by atoms with Crippen LogP contribution in [0.15, 0.2) is 24.3 Å². The molecule has 0 aliphatic carbocycles. The summed E-state index contributed by atoms with van der Waals surface area (Å²) in [4.78, 5) is 0. The number of phenolic OH excluding ortho intramolecular Hbond substituents is 1. The van der Waals surface area contributed by atoms with Gasteiger partial charge in [0.25, 0.3) is 0 Å². The first-order valence-electron chi connectivity index (χ1n) is 5.56. The first-order chi connectivity index (χ1) is 7.45. The van der Waals surface area contributed by atoms with Gasteiger partial charge in [0.2, 0.25) is 0 Å². The van der Waals surface area contributed by atoms with Crippen LogP contribution in [0.25, 0.3) is 0 Å². The molecule has 1 atom stereocenters. The molecule has 0 radical (unpaired) electrons. The van der Waals surface area contributed by atoms with Gasteiger partial charge in [-0.15, -0.1) is 0 Å². The highest BCUT2D eigenvalue weighted by molar-refractivity contribution is 5.37. The standard InChI is InChI=1S/C13H21NO2/c1-13(2,3)10(8-14)9-16-12-7-5-4-6-11(12)15/h4-7,10,15H,8-9,14H2,1-3H3. The van der Waals surface area contributed by atoms with E-state index in [1.165, 1.54) is 0 Å². The minimum Gasteiger partial charge on any atom is -0.504 e. The first kappa shape index (κ1) is 12.8. The fraction of sp³-hybridized carbons (Fsp3) is 0.538. The molecular weight excluding hydrogens is 202 g/mol. The number of nitrogens with two attached hydrogens (primary N) is 1. The van der Waals surface area contributed by atoms with Gasteiger partial charge in [0.15, 0.2) is 11.5 Å². The second-order valence-corrected chi connectivity index (χ2v) is 5.08. The lowest BCUT2D eigenvalue weighted by molar-refractivity contribution is 0.149. The molecule has 0 spiro atoms. The van der Waals surface area contributed by atoms with E-state index in [1.54, 1.807) is 18.2 Å². The third kappa shape index (κ3) is 3.42. The van der Waals surface area contributed by atoms with E-state index in [0.717, 1.165) is 0 Å². The highest BCUT2D eigenvalue weighted by atomic mass is 16.5. The minimum absolute atomic E-state index is 0.110. The average Bonchev–Trinajstić information content (AvgIpc) is 2.19. The number of hydrogen-bond acceptors (Lipinski definition) is 3. The van der Waals surface area contributed by atoms with Crippen molar-refractivity contribution in [1.29, 1.82) is 0 Å². The van der Waals surface area contributed by atoms with Gasteiger partial charge in [0.1, 0.15) is 0 Å². The lowest BCUT2D eigenvalue weighted by Gasteiger charge is -2.29. The zero-order chi connectivity index (χ0) is 12.2. The van der Waals surface area contributed by atoms with Gasteiger partial charge in [-0.05, 0) is 24.1 Å². The SMILES string of the molecule is CC(C)(C)C(CN)COc1ccccc1O. The molecule has 3 nitrogen and oxygen atoms in total. The van der Waals surface area contributed by atoms with Gasteiger partial charge in [0.05, 0.1) is 6.61 Å². The Kier molecular flexibility index (Phi) is 4.19. The number of benzene rings is 1. The van der Waals surface area contributed by atoms with Crippen LogP contribution in [0.5, 0.6) is 11.5 Å². The quantitative estimate of drug-likeness (QED) is 0.824. The van der Waals surface area contributed by atoms with Gasteiger partial charge >= 0.3 is 0 Å². The molecule has 1 rings (SSSR count). The summed E-state index contributed by atoms with van der Waals surface area (Å²) in [6.07, 6.45) is 0. The van der Waals surface area contributed by atoms with Crippen molar-refractivity contribution in [1.82, 2.24) is 0 Å². The number of rotatable bonds is 4. The molecule has 0 aromatic heterocycles. The van der Waals surface area contributed by atoms with Crippen LogP contribution in [0.3, 0.4) is 0 Å². The number of ether oxygens (including phenoxy) is 1. The molecule has 16 heavy (non-hydrogen) atoms. The van der Waals surface area contributed by atoms with Crippen LogP contribution in [0.4, 0.5) is 0 Å². The normalized spacial score (nSPS) is 13.5. The van der Waals surface area contributed by atoms with Crippen molar-refractivity contribution in [2.24, 2.45) is 17.1 Å². The Morgan fingerprint density at radius 3 is 2.44 bits per heavy atom. The summed E-state index contributed by atoms with van der Waals surface area (Å²) in [6.45, 7) is 7.52. The molecule has 1 unspecified atom stereocenters. The lowest BCUT2D eigenvalue weighted by atomic mass is 9.81. The number of aromatic hydroxyl groups is 1. The second kappa shape index (κ2) is 5.21. The molecule has 0 fully saturated rings. The molecule has 0 saturated heterocycles. The van der Waals surface area contributed by atoms with Crippen LogP contribution in [-0.2, 0) is 0 Å². The molecule has 0 aliphatic rings. The van der Waals surface area contributed by atoms with Gasteiger partial charge in [0, 0.05) is 5.92 Å². The molecule has 0 heterocycles. The summed E-state index contributed by atoms with van der Waals surface area (Å²) in [5, 5.41) is 9.54. The summed E-state index contributed by atoms with van der Waals surface area (Å²) < 4.78 is 5.59. The molecule has 1 aromatic rings. The Morgan fingerprint density at radius 2 is 1.94 bits per heavy atom. The van der Waals surface area contributed by atoms with Crippen LogP contribution in [0.2, 0.25) is 0 Å². The summed E-state index contributed by atoms with van der Waals surface area (Å²) in [5.74, 6) is 0.962. The van der Waals surface area contributed by atoms with Crippen molar-refractivity contribution in [2.45, 2.75) is 20.8 Å². The predicted octanol–water partition coefficient (Wildman–Crippen LogP) is 2.39. The van der Waals surface area contributed by atoms with Crippen molar-refractivity contribution in [3.63, 3.8) is 0 Å². The Balaban J connectivity index is 2.60. The van der Waals surface area contributed by atoms with E-state index in [9.17, 15) is 5.11 Å². The van der Waals surface area contributed by atoms with Gasteiger partial charge in [-0.3, -0.25) is 0 Å². The molecule has 3 N–H and O–H groups in total. The largest absolute Gasteiger partial charge is 0.504 e. The van der Waals surface area contributed by atoms with Gasteiger partial charge in [-0.1, -0.05) is 32.9 Å². The third-order valence-corrected chi connectivity index (χ3v) is 2.81. The number of para-hydroxylation sites is 2. The predicted molar refractivity (Wildman–Crippen MR) is 65.6 cm³/mol. The van der Waals surface area contributed by atoms with Crippen molar-refractivity contribution in [3.05, 3.63) is 24.3 Å². The maximum Gasteiger partial charge on any atom is 0.160 e. The summed E-state index contributed by atoms with van der Waals surface area (Å²) in [5.41, 5.74) is 5.83. The highest BCUT2D eigenvalue weighted by Crippen LogP contribution is 2.29. The molecule has 0 bridgehead atoms. The Bertz CT molecular complexity index is 331. The van der Waals surface area contributed by atoms with E-state index < -0.39 is 0 Å². The maximum atomic E-state index is 9.54. The van der Waals surface area contributed by atoms with E-state index >= 15 is 0 Å². The molecule has 0 aliphatic heterocycles. The molecule has 1 aromatic carbocycles. The van der Waals surface area contributed by atoms with Gasteiger partial charge in [-0.25, -0.2) is 0 Å². The Labute approximate surface area is 97.2 Å². The molecular formula is C13H21NO2. The summed E-state index contributed by atoms with van der Waals surface area (Å²) in [6, 6.07) is 6.98. The van der Waals surface area contributed by atoms with Gasteiger partial charge < -0.3 is 15.6 Å². The van der Waals surface area contributed by atoms with E-state index in [2.05, 4.69) is 20.8 Å². The topological polar surface area (TPSA) is 55.5 Å². The van der Waals surface area contributed by atoms with E-state index in [-0.39, 0.29) is 17.1 Å². The van der Waals surface area contributed by atoms with Crippen molar-refractivity contribution in [2.75, 3.05) is 13.2 Å². The van der Waals surface area contributed by atoms with Crippen LogP contribution >= 0.6 is 0 Å². The van der Waals surface area contributed by atoms with Crippen LogP contribution in [0, 0.1) is 11.3 Å². The van der Waals surface area contributed by atoms with Crippen molar-refractivity contribution >= 4 is 0 Å². The number of hydrogen-bond donors (Lipinski definition) is 2. The Morgan fingerprint density at radius 1 is 1.31 bits per heavy atom. The molecule has 3 heteroatoms. The lowest BCUT2D eigenvalue weighted by Crippen LogP contribution is -2.33. The van der Waals surface area contributed by atoms with Crippen molar-refractivity contribution < 1.29 is 9.84 Å². The van der Waals surface area contributed by atoms with Crippen molar-refractivity contribution in [3.8, 4) is 11.5 Å². The zero-order valence-corrected chi connectivity index (χ0v) is 10.2. The number of phenols is 1.